The van der Waals surface area contributed by atoms with Crippen molar-refractivity contribution in [3.63, 3.8) is 0 Å². The Balaban J connectivity index is 1.76. The lowest BCUT2D eigenvalue weighted by Crippen LogP contribution is -2.40. The Kier molecular flexibility index (Phi) is 4.66. The van der Waals surface area contributed by atoms with Crippen LogP contribution in [-0.2, 0) is 9.53 Å². The zero-order valence-corrected chi connectivity index (χ0v) is 11.8. The van der Waals surface area contributed by atoms with Crippen molar-refractivity contribution in [2.24, 2.45) is 11.3 Å². The molecule has 1 aliphatic heterocycles. The minimum Gasteiger partial charge on any atom is -0.381 e. The normalized spacial score (nSPS) is 28.9. The third-order valence-corrected chi connectivity index (χ3v) is 4.71. The molecule has 1 aliphatic carbocycles. The van der Waals surface area contributed by atoms with E-state index in [4.69, 9.17) is 4.74 Å². The number of carbonyl (C=O) groups is 1. The fraction of sp³-hybridized carbons (Fsp3) is 0.933. The van der Waals surface area contributed by atoms with Crippen LogP contribution in [0, 0.1) is 11.3 Å². The Morgan fingerprint density at radius 3 is 2.72 bits per heavy atom. The second kappa shape index (κ2) is 6.05. The number of rotatable bonds is 4. The molecule has 0 radical (unpaired) electrons. The van der Waals surface area contributed by atoms with Crippen molar-refractivity contribution in [1.82, 2.24) is 5.32 Å². The van der Waals surface area contributed by atoms with E-state index in [0.717, 1.165) is 19.6 Å². The number of hydrogen-bond acceptors (Lipinski definition) is 2. The smallest absolute Gasteiger partial charge is 0.220 e. The van der Waals surface area contributed by atoms with Crippen LogP contribution in [0.1, 0.15) is 58.8 Å². The van der Waals surface area contributed by atoms with Gasteiger partial charge in [-0.15, -0.1) is 0 Å². The number of carbonyl (C=O) groups excluding carboxylic acids is 1. The van der Waals surface area contributed by atoms with Gasteiger partial charge in [0, 0.05) is 25.0 Å². The first-order chi connectivity index (χ1) is 8.59. The molecule has 0 spiro atoms. The molecular formula is C15H27NO2. The van der Waals surface area contributed by atoms with Crippen molar-refractivity contribution < 1.29 is 9.53 Å². The topological polar surface area (TPSA) is 38.3 Å². The Morgan fingerprint density at radius 1 is 1.39 bits per heavy atom. The molecule has 0 bridgehead atoms. The van der Waals surface area contributed by atoms with Crippen LogP contribution in [0.3, 0.4) is 0 Å². The molecule has 0 aromatic carbocycles. The minimum absolute atomic E-state index is 0.235. The van der Waals surface area contributed by atoms with E-state index in [0.29, 0.717) is 12.3 Å². The first-order valence-electron chi connectivity index (χ1n) is 7.46. The molecule has 0 unspecified atom stereocenters. The van der Waals surface area contributed by atoms with E-state index in [2.05, 4.69) is 19.2 Å². The molecule has 1 N–H and O–H groups in total. The highest BCUT2D eigenvalue weighted by Crippen LogP contribution is 2.38. The average molecular weight is 253 g/mol. The summed E-state index contributed by atoms with van der Waals surface area (Å²) in [5.74, 6) is 0.743. The van der Waals surface area contributed by atoms with E-state index < -0.39 is 0 Å². The molecule has 2 fully saturated rings. The maximum atomic E-state index is 12.1. The molecule has 2 aliphatic rings. The number of amides is 1. The summed E-state index contributed by atoms with van der Waals surface area (Å²) in [6.07, 6.45) is 8.12. The van der Waals surface area contributed by atoms with E-state index in [9.17, 15) is 4.79 Å². The molecule has 0 aromatic heterocycles. The standard InChI is InChI=1S/C15H27NO2/c1-12(13-6-9-18-11-13)16-14(17)10-15(2)7-4-3-5-8-15/h12-13H,3-11H2,1-2H3,(H,16,17)/t12-,13+/m0/s1. The van der Waals surface area contributed by atoms with Crippen molar-refractivity contribution in [2.75, 3.05) is 13.2 Å². The zero-order chi connectivity index (χ0) is 13.0. The molecule has 104 valence electrons. The van der Waals surface area contributed by atoms with Crippen molar-refractivity contribution in [3.05, 3.63) is 0 Å². The van der Waals surface area contributed by atoms with E-state index in [1.807, 2.05) is 0 Å². The van der Waals surface area contributed by atoms with E-state index in [1.165, 1.54) is 32.1 Å². The van der Waals surface area contributed by atoms with Crippen LogP contribution in [-0.4, -0.2) is 25.2 Å². The molecule has 3 nitrogen and oxygen atoms in total. The summed E-state index contributed by atoms with van der Waals surface area (Å²) >= 11 is 0. The monoisotopic (exact) mass is 253 g/mol. The Bertz CT molecular complexity index is 278. The van der Waals surface area contributed by atoms with Crippen LogP contribution in [0.15, 0.2) is 0 Å². The fourth-order valence-corrected chi connectivity index (χ4v) is 3.34. The van der Waals surface area contributed by atoms with Crippen LogP contribution in [0.2, 0.25) is 0 Å². The van der Waals surface area contributed by atoms with Gasteiger partial charge in [0.1, 0.15) is 0 Å². The number of nitrogens with one attached hydrogen (secondary N) is 1. The highest BCUT2D eigenvalue weighted by Gasteiger charge is 2.31. The van der Waals surface area contributed by atoms with Gasteiger partial charge in [0.05, 0.1) is 6.61 Å². The molecule has 18 heavy (non-hydrogen) atoms. The maximum absolute atomic E-state index is 12.1. The first-order valence-corrected chi connectivity index (χ1v) is 7.46. The predicted molar refractivity (Wildman–Crippen MR) is 72.3 cm³/mol. The Morgan fingerprint density at radius 2 is 2.11 bits per heavy atom. The zero-order valence-electron chi connectivity index (χ0n) is 11.8. The largest absolute Gasteiger partial charge is 0.381 e. The molecule has 1 amide bonds. The summed E-state index contributed by atoms with van der Waals surface area (Å²) in [6, 6.07) is 0.257. The molecule has 1 saturated heterocycles. The predicted octanol–water partition coefficient (Wildman–Crippen LogP) is 2.89. The molecule has 3 heteroatoms. The van der Waals surface area contributed by atoms with Gasteiger partial charge < -0.3 is 10.1 Å². The highest BCUT2D eigenvalue weighted by molar-refractivity contribution is 5.77. The second-order valence-electron chi connectivity index (χ2n) is 6.53. The van der Waals surface area contributed by atoms with Crippen LogP contribution < -0.4 is 5.32 Å². The number of ether oxygens (including phenoxy) is 1. The quantitative estimate of drug-likeness (QED) is 0.836. The first kappa shape index (κ1) is 13.9. The lowest BCUT2D eigenvalue weighted by molar-refractivity contribution is -0.124. The van der Waals surface area contributed by atoms with Gasteiger partial charge in [-0.1, -0.05) is 26.2 Å². The SMILES string of the molecule is C[C@H](NC(=O)CC1(C)CCCCC1)[C@@H]1CCOC1. The summed E-state index contributed by atoms with van der Waals surface area (Å²) in [4.78, 5) is 12.1. The van der Waals surface area contributed by atoms with Gasteiger partial charge in [0.25, 0.3) is 0 Å². The van der Waals surface area contributed by atoms with Gasteiger partial charge in [0.2, 0.25) is 5.91 Å². The Labute approximate surface area is 111 Å². The molecule has 1 saturated carbocycles. The van der Waals surface area contributed by atoms with Crippen LogP contribution in [0.25, 0.3) is 0 Å². The van der Waals surface area contributed by atoms with E-state index in [1.54, 1.807) is 0 Å². The Hall–Kier alpha value is -0.570. The van der Waals surface area contributed by atoms with E-state index in [-0.39, 0.29) is 17.4 Å². The summed E-state index contributed by atoms with van der Waals surface area (Å²) in [5, 5.41) is 3.18. The molecular weight excluding hydrogens is 226 g/mol. The lowest BCUT2D eigenvalue weighted by atomic mass is 9.73. The van der Waals surface area contributed by atoms with Crippen molar-refractivity contribution in [2.45, 2.75) is 64.8 Å². The number of hydrogen-bond donors (Lipinski definition) is 1. The average Bonchev–Trinajstić information content (AvgIpc) is 2.82. The highest BCUT2D eigenvalue weighted by atomic mass is 16.5. The van der Waals surface area contributed by atoms with E-state index >= 15 is 0 Å². The molecule has 0 aromatic rings. The summed E-state index contributed by atoms with van der Waals surface area (Å²) < 4.78 is 5.38. The van der Waals surface area contributed by atoms with Crippen LogP contribution >= 0.6 is 0 Å². The summed E-state index contributed by atoms with van der Waals surface area (Å²) in [5.41, 5.74) is 0.244. The van der Waals surface area contributed by atoms with Gasteiger partial charge >= 0.3 is 0 Å². The third kappa shape index (κ3) is 3.71. The van der Waals surface area contributed by atoms with Crippen molar-refractivity contribution in [1.29, 1.82) is 0 Å². The minimum atomic E-state index is 0.235. The molecule has 1 heterocycles. The second-order valence-corrected chi connectivity index (χ2v) is 6.53. The van der Waals surface area contributed by atoms with Gasteiger partial charge in [0.15, 0.2) is 0 Å². The van der Waals surface area contributed by atoms with Gasteiger partial charge in [-0.25, -0.2) is 0 Å². The summed E-state index contributed by atoms with van der Waals surface area (Å²) in [7, 11) is 0. The van der Waals surface area contributed by atoms with Gasteiger partial charge in [-0.05, 0) is 31.6 Å². The van der Waals surface area contributed by atoms with Crippen LogP contribution in [0.4, 0.5) is 0 Å². The molecule has 2 atom stereocenters. The maximum Gasteiger partial charge on any atom is 0.220 e. The van der Waals surface area contributed by atoms with Crippen molar-refractivity contribution in [3.8, 4) is 0 Å². The summed E-state index contributed by atoms with van der Waals surface area (Å²) in [6.45, 7) is 6.04. The van der Waals surface area contributed by atoms with Gasteiger partial charge in [-0.3, -0.25) is 4.79 Å². The lowest BCUT2D eigenvalue weighted by Gasteiger charge is -2.33. The van der Waals surface area contributed by atoms with Gasteiger partial charge in [-0.2, -0.15) is 0 Å². The van der Waals surface area contributed by atoms with Crippen molar-refractivity contribution >= 4 is 5.91 Å². The fourth-order valence-electron chi connectivity index (χ4n) is 3.34. The molecule has 2 rings (SSSR count). The van der Waals surface area contributed by atoms with Crippen LogP contribution in [0.5, 0.6) is 0 Å². The third-order valence-electron chi connectivity index (χ3n) is 4.71.